The number of hydrogen-bond acceptors (Lipinski definition) is 6. The van der Waals surface area contributed by atoms with E-state index in [1.54, 1.807) is 7.11 Å². The molecule has 1 aromatic rings. The van der Waals surface area contributed by atoms with Gasteiger partial charge in [0.2, 0.25) is 0 Å². The summed E-state index contributed by atoms with van der Waals surface area (Å²) in [6, 6.07) is 6.58. The van der Waals surface area contributed by atoms with Gasteiger partial charge in [-0.1, -0.05) is 12.1 Å². The van der Waals surface area contributed by atoms with Gasteiger partial charge in [0, 0.05) is 65.6 Å². The van der Waals surface area contributed by atoms with Crippen LogP contribution in [0.15, 0.2) is 18.2 Å². The molecule has 1 atom stereocenters. The summed E-state index contributed by atoms with van der Waals surface area (Å²) in [5.74, 6) is 1.04. The quantitative estimate of drug-likeness (QED) is 0.647. The Morgan fingerprint density at radius 2 is 2.07 bits per heavy atom. The van der Waals surface area contributed by atoms with E-state index in [0.717, 1.165) is 57.7 Å². The van der Waals surface area contributed by atoms with Crippen molar-refractivity contribution in [3.05, 3.63) is 29.3 Å². The van der Waals surface area contributed by atoms with Gasteiger partial charge in [-0.25, -0.2) is 4.79 Å². The van der Waals surface area contributed by atoms with E-state index >= 15 is 0 Å². The van der Waals surface area contributed by atoms with Gasteiger partial charge in [0.1, 0.15) is 17.5 Å². The van der Waals surface area contributed by atoms with E-state index in [1.807, 2.05) is 4.90 Å². The fourth-order valence-corrected chi connectivity index (χ4v) is 4.73. The molecule has 0 saturated carbocycles. The molecule has 2 saturated heterocycles. The molecule has 0 bridgehead atoms. The number of piperidine rings is 1. The number of likely N-dealkylation sites (N-methyl/N-ethyl adjacent to an activating group) is 1. The van der Waals surface area contributed by atoms with Gasteiger partial charge in [0.25, 0.3) is 0 Å². The number of carbonyl (C=O) groups is 1. The summed E-state index contributed by atoms with van der Waals surface area (Å²) >= 11 is 0. The molecule has 1 amide bonds. The van der Waals surface area contributed by atoms with Crippen LogP contribution in [0.5, 0.6) is 5.75 Å². The van der Waals surface area contributed by atoms with E-state index in [1.165, 1.54) is 11.1 Å². The maximum Gasteiger partial charge on any atom is 0.410 e. The molecule has 3 heterocycles. The lowest BCUT2D eigenvalue weighted by Gasteiger charge is -2.37. The zero-order valence-corrected chi connectivity index (χ0v) is 18.6. The molecule has 0 N–H and O–H groups in total. The average molecular weight is 418 g/mol. The van der Waals surface area contributed by atoms with Crippen LogP contribution in [0.4, 0.5) is 4.79 Å². The van der Waals surface area contributed by atoms with Crippen molar-refractivity contribution in [2.75, 3.05) is 60.0 Å². The predicted octanol–water partition coefficient (Wildman–Crippen LogP) is 2.38. The lowest BCUT2D eigenvalue weighted by molar-refractivity contribution is -0.00125. The molecule has 3 aliphatic heterocycles. The number of amides is 1. The van der Waals surface area contributed by atoms with E-state index < -0.39 is 0 Å². The molecule has 3 aliphatic rings. The minimum absolute atomic E-state index is 0.156. The van der Waals surface area contributed by atoms with E-state index in [2.05, 4.69) is 42.0 Å². The van der Waals surface area contributed by atoms with Crippen LogP contribution in [0.2, 0.25) is 0 Å². The second-order valence-electron chi connectivity index (χ2n) is 9.12. The summed E-state index contributed by atoms with van der Waals surface area (Å²) in [5, 5.41) is 0. The number of carbonyl (C=O) groups excluding carboxylic acids is 1. The number of benzene rings is 1. The van der Waals surface area contributed by atoms with Crippen LogP contribution in [0.3, 0.4) is 0 Å². The first kappa shape index (κ1) is 21.4. The normalized spacial score (nSPS) is 23.1. The lowest BCUT2D eigenvalue weighted by atomic mass is 9.91. The van der Waals surface area contributed by atoms with Gasteiger partial charge in [-0.15, -0.1) is 0 Å². The highest BCUT2D eigenvalue weighted by Gasteiger charge is 2.46. The standard InChI is InChI=1S/C23H35N3O4/c1-18-14-20-15-19(4-5-21(20)29-18)16-25-8-6-23(7-9-25)17-26(22(27)30-23)11-10-24(2)12-13-28-3/h4-5,15,18H,6-14,16-17H2,1-3H3/t18-/m1/s1. The van der Waals surface area contributed by atoms with Crippen molar-refractivity contribution in [2.24, 2.45) is 0 Å². The number of fused-ring (bicyclic) bond motifs is 1. The Labute approximate surface area is 179 Å². The van der Waals surface area contributed by atoms with Gasteiger partial charge >= 0.3 is 6.09 Å². The zero-order valence-electron chi connectivity index (χ0n) is 18.6. The summed E-state index contributed by atoms with van der Waals surface area (Å²) in [5.41, 5.74) is 2.36. The van der Waals surface area contributed by atoms with Crippen molar-refractivity contribution in [3.63, 3.8) is 0 Å². The van der Waals surface area contributed by atoms with Crippen molar-refractivity contribution >= 4 is 6.09 Å². The number of methoxy groups -OCH3 is 1. The minimum atomic E-state index is -0.306. The third-order valence-electron chi connectivity index (χ3n) is 6.60. The molecule has 0 radical (unpaired) electrons. The molecule has 4 rings (SSSR count). The molecular weight excluding hydrogens is 382 g/mol. The first-order chi connectivity index (χ1) is 14.5. The number of likely N-dealkylation sites (tertiary alicyclic amines) is 1. The Morgan fingerprint density at radius 3 is 2.83 bits per heavy atom. The topological polar surface area (TPSA) is 54.5 Å². The Kier molecular flexibility index (Phi) is 6.51. The summed E-state index contributed by atoms with van der Waals surface area (Å²) in [4.78, 5) is 19.0. The fourth-order valence-electron chi connectivity index (χ4n) is 4.73. The van der Waals surface area contributed by atoms with Crippen LogP contribution < -0.4 is 4.74 Å². The van der Waals surface area contributed by atoms with Gasteiger partial charge < -0.3 is 24.0 Å². The Morgan fingerprint density at radius 1 is 1.27 bits per heavy atom. The van der Waals surface area contributed by atoms with Crippen molar-refractivity contribution in [1.29, 1.82) is 0 Å². The molecule has 166 valence electrons. The van der Waals surface area contributed by atoms with Crippen LogP contribution in [0.1, 0.15) is 30.9 Å². The molecule has 1 spiro atoms. The monoisotopic (exact) mass is 417 g/mol. The smallest absolute Gasteiger partial charge is 0.410 e. The van der Waals surface area contributed by atoms with E-state index in [9.17, 15) is 4.79 Å². The highest BCUT2D eigenvalue weighted by molar-refractivity contribution is 5.70. The molecular formula is C23H35N3O4. The molecule has 1 aromatic carbocycles. The van der Waals surface area contributed by atoms with Gasteiger partial charge in [0.15, 0.2) is 0 Å². The maximum absolute atomic E-state index is 12.4. The van der Waals surface area contributed by atoms with Crippen LogP contribution >= 0.6 is 0 Å². The summed E-state index contributed by atoms with van der Waals surface area (Å²) in [7, 11) is 3.77. The van der Waals surface area contributed by atoms with Crippen LogP contribution in [-0.2, 0) is 22.4 Å². The Balaban J connectivity index is 1.25. The molecule has 30 heavy (non-hydrogen) atoms. The summed E-state index contributed by atoms with van der Waals surface area (Å²) in [6.07, 6.45) is 2.93. The molecule has 0 aliphatic carbocycles. The number of nitrogens with zero attached hydrogens (tertiary/aromatic N) is 3. The molecule has 2 fully saturated rings. The number of ether oxygens (including phenoxy) is 3. The Hall–Kier alpha value is -1.83. The Bertz CT molecular complexity index is 748. The molecule has 0 unspecified atom stereocenters. The fraction of sp³-hybridized carbons (Fsp3) is 0.696. The van der Waals surface area contributed by atoms with Gasteiger partial charge in [-0.3, -0.25) is 4.90 Å². The summed E-state index contributed by atoms with van der Waals surface area (Å²) < 4.78 is 16.8. The highest BCUT2D eigenvalue weighted by Crippen LogP contribution is 2.34. The SMILES string of the molecule is COCCN(C)CCN1CC2(CCN(Cc3ccc4c(c3)C[C@@H](C)O4)CC2)OC1=O. The molecule has 7 nitrogen and oxygen atoms in total. The van der Waals surface area contributed by atoms with Crippen LogP contribution in [0.25, 0.3) is 0 Å². The molecule has 7 heteroatoms. The minimum Gasteiger partial charge on any atom is -0.490 e. The van der Waals surface area contributed by atoms with Crippen LogP contribution in [-0.4, -0.2) is 92.5 Å². The maximum atomic E-state index is 12.4. The first-order valence-electron chi connectivity index (χ1n) is 11.1. The predicted molar refractivity (Wildman–Crippen MR) is 115 cm³/mol. The van der Waals surface area contributed by atoms with Crippen molar-refractivity contribution in [3.8, 4) is 5.75 Å². The third kappa shape index (κ3) is 4.90. The van der Waals surface area contributed by atoms with Crippen LogP contribution in [0, 0.1) is 0 Å². The summed E-state index contributed by atoms with van der Waals surface area (Å²) in [6.45, 7) is 8.81. The van der Waals surface area contributed by atoms with Crippen molar-refractivity contribution in [2.45, 2.75) is 44.4 Å². The van der Waals surface area contributed by atoms with E-state index in [4.69, 9.17) is 14.2 Å². The number of hydrogen-bond donors (Lipinski definition) is 0. The molecule has 0 aromatic heterocycles. The van der Waals surface area contributed by atoms with Crippen molar-refractivity contribution < 1.29 is 19.0 Å². The second-order valence-corrected chi connectivity index (χ2v) is 9.12. The van der Waals surface area contributed by atoms with Gasteiger partial charge in [-0.05, 0) is 31.2 Å². The van der Waals surface area contributed by atoms with Gasteiger partial charge in [-0.2, -0.15) is 0 Å². The largest absolute Gasteiger partial charge is 0.490 e. The van der Waals surface area contributed by atoms with E-state index in [0.29, 0.717) is 19.7 Å². The average Bonchev–Trinajstić information content (AvgIpc) is 3.25. The lowest BCUT2D eigenvalue weighted by Crippen LogP contribution is -2.47. The third-order valence-corrected chi connectivity index (χ3v) is 6.60. The highest BCUT2D eigenvalue weighted by atomic mass is 16.6. The van der Waals surface area contributed by atoms with E-state index in [-0.39, 0.29) is 17.8 Å². The van der Waals surface area contributed by atoms with Crippen molar-refractivity contribution in [1.82, 2.24) is 14.7 Å². The first-order valence-corrected chi connectivity index (χ1v) is 11.1. The zero-order chi connectivity index (χ0) is 21.1. The number of rotatable bonds is 8. The second kappa shape index (κ2) is 9.12. The van der Waals surface area contributed by atoms with Gasteiger partial charge in [0.05, 0.1) is 13.2 Å².